The molecule has 184 valence electrons. The van der Waals surface area contributed by atoms with Gasteiger partial charge in [-0.2, -0.15) is 0 Å². The van der Waals surface area contributed by atoms with Gasteiger partial charge in [0, 0.05) is 16.8 Å². The Balaban J connectivity index is 1.72. The fraction of sp³-hybridized carbons (Fsp3) is 0.357. The minimum atomic E-state index is -0.120. The number of aliphatic imine (C=N–C) groups is 1. The molecule has 1 aliphatic rings. The third-order valence-corrected chi connectivity index (χ3v) is 8.40. The summed E-state index contributed by atoms with van der Waals surface area (Å²) in [6.07, 6.45) is 4.67. The van der Waals surface area contributed by atoms with Crippen molar-refractivity contribution in [2.24, 2.45) is 16.3 Å². The molecule has 3 aromatic rings. The summed E-state index contributed by atoms with van der Waals surface area (Å²) >= 11 is 3.71. The van der Waals surface area contributed by atoms with Gasteiger partial charge < -0.3 is 15.2 Å². The van der Waals surface area contributed by atoms with Crippen LogP contribution in [0.4, 0.5) is 10.7 Å². The summed E-state index contributed by atoms with van der Waals surface area (Å²) in [5.41, 5.74) is 3.60. The Morgan fingerprint density at radius 1 is 1.29 bits per heavy atom. The number of hydrogen-bond acceptors (Lipinski definition) is 5. The largest absolute Gasteiger partial charge is 0.504 e. The standard InChI is InChI=1S/C28H31IN2O3S/c1-5-34-22-14-17(13-21(29)25(22)32)16-30-27-24(26(33)31-19-9-7-6-8-10-19)20-12-11-18(28(2,3)4)15-23(20)35-27/h6-10,13-14,16,18,32H,5,11-12,15H2,1-4H3,(H,31,33)/t18-/m1/s1. The molecule has 0 fully saturated rings. The Bertz CT molecular complexity index is 1250. The minimum Gasteiger partial charge on any atom is -0.504 e. The summed E-state index contributed by atoms with van der Waals surface area (Å²) in [6.45, 7) is 9.22. The van der Waals surface area contributed by atoms with Crippen LogP contribution in [-0.4, -0.2) is 23.8 Å². The number of fused-ring (bicyclic) bond motifs is 1. The van der Waals surface area contributed by atoms with Gasteiger partial charge in [0.2, 0.25) is 0 Å². The average Bonchev–Trinajstić information content (AvgIpc) is 3.19. The van der Waals surface area contributed by atoms with Crippen LogP contribution in [0.2, 0.25) is 0 Å². The van der Waals surface area contributed by atoms with Crippen LogP contribution < -0.4 is 10.1 Å². The van der Waals surface area contributed by atoms with E-state index in [0.717, 1.165) is 41.1 Å². The average molecular weight is 603 g/mol. The van der Waals surface area contributed by atoms with Crippen molar-refractivity contribution in [3.8, 4) is 11.5 Å². The van der Waals surface area contributed by atoms with Crippen molar-refractivity contribution < 1.29 is 14.6 Å². The lowest BCUT2D eigenvalue weighted by molar-refractivity contribution is 0.102. The lowest BCUT2D eigenvalue weighted by Crippen LogP contribution is -2.27. The third-order valence-electron chi connectivity index (χ3n) is 6.41. The first-order chi connectivity index (χ1) is 16.7. The van der Waals surface area contributed by atoms with Gasteiger partial charge in [-0.3, -0.25) is 4.79 Å². The van der Waals surface area contributed by atoms with Gasteiger partial charge in [0.15, 0.2) is 11.5 Å². The molecule has 0 spiro atoms. The van der Waals surface area contributed by atoms with Crippen molar-refractivity contribution >= 4 is 56.7 Å². The van der Waals surface area contributed by atoms with Crippen LogP contribution in [0.5, 0.6) is 11.5 Å². The summed E-state index contributed by atoms with van der Waals surface area (Å²) in [4.78, 5) is 19.5. The molecule has 1 amide bonds. The van der Waals surface area contributed by atoms with Gasteiger partial charge in [0.25, 0.3) is 5.91 Å². The Labute approximate surface area is 224 Å². The number of nitrogens with one attached hydrogen (secondary N) is 1. The van der Waals surface area contributed by atoms with Crippen LogP contribution in [-0.2, 0) is 12.8 Å². The highest BCUT2D eigenvalue weighted by atomic mass is 127. The summed E-state index contributed by atoms with van der Waals surface area (Å²) in [6, 6.07) is 13.2. The number of nitrogens with zero attached hydrogens (tertiary/aromatic N) is 1. The second-order valence-electron chi connectivity index (χ2n) is 9.85. The number of para-hydroxylation sites is 1. The number of carbonyl (C=O) groups excluding carboxylic acids is 1. The SMILES string of the molecule is CCOc1cc(C=Nc2sc3c(c2C(=O)Nc2ccccc2)CC[C@@H](C(C)(C)C)C3)cc(I)c1O. The van der Waals surface area contributed by atoms with Crippen LogP contribution in [0.25, 0.3) is 0 Å². The molecule has 1 aliphatic carbocycles. The van der Waals surface area contributed by atoms with Gasteiger partial charge in [0.1, 0.15) is 5.00 Å². The molecule has 2 N–H and O–H groups in total. The number of thiophene rings is 1. The number of phenolic OH excluding ortho intramolecular Hbond substituents is 1. The number of ether oxygens (including phenoxy) is 1. The Morgan fingerprint density at radius 3 is 2.71 bits per heavy atom. The van der Waals surface area contributed by atoms with Crippen molar-refractivity contribution in [2.75, 3.05) is 11.9 Å². The second kappa shape index (κ2) is 10.7. The van der Waals surface area contributed by atoms with E-state index in [1.807, 2.05) is 43.3 Å². The summed E-state index contributed by atoms with van der Waals surface area (Å²) < 4.78 is 6.26. The molecule has 5 nitrogen and oxygen atoms in total. The normalized spacial score (nSPS) is 15.7. The zero-order valence-corrected chi connectivity index (χ0v) is 23.5. The molecule has 0 unspecified atom stereocenters. The highest BCUT2D eigenvalue weighted by Gasteiger charge is 2.33. The Hall–Kier alpha value is -2.39. The molecular weight excluding hydrogens is 571 g/mol. The molecule has 0 bridgehead atoms. The second-order valence-corrected chi connectivity index (χ2v) is 12.1. The first-order valence-electron chi connectivity index (χ1n) is 11.9. The number of halogens is 1. The molecule has 4 rings (SSSR count). The number of aromatic hydroxyl groups is 1. The van der Waals surface area contributed by atoms with Crippen LogP contribution in [0.1, 0.15) is 60.5 Å². The summed E-state index contributed by atoms with van der Waals surface area (Å²) in [7, 11) is 0. The number of anilines is 1. The predicted octanol–water partition coefficient (Wildman–Crippen LogP) is 7.61. The minimum absolute atomic E-state index is 0.120. The molecule has 0 saturated carbocycles. The van der Waals surface area contributed by atoms with E-state index in [2.05, 4.69) is 48.7 Å². The van der Waals surface area contributed by atoms with E-state index < -0.39 is 0 Å². The van der Waals surface area contributed by atoms with Gasteiger partial charge in [-0.15, -0.1) is 11.3 Å². The highest BCUT2D eigenvalue weighted by Crippen LogP contribution is 2.45. The zero-order valence-electron chi connectivity index (χ0n) is 20.5. The van der Waals surface area contributed by atoms with Gasteiger partial charge in [0.05, 0.1) is 15.7 Å². The van der Waals surface area contributed by atoms with Gasteiger partial charge in [-0.05, 0) is 95.5 Å². The fourth-order valence-electron chi connectivity index (χ4n) is 4.42. The molecule has 1 heterocycles. The number of carbonyl (C=O) groups is 1. The van der Waals surface area contributed by atoms with Crippen molar-refractivity contribution in [2.45, 2.75) is 47.0 Å². The first kappa shape index (κ1) is 25.7. The van der Waals surface area contributed by atoms with Crippen molar-refractivity contribution in [1.29, 1.82) is 0 Å². The number of amides is 1. The first-order valence-corrected chi connectivity index (χ1v) is 13.8. The van der Waals surface area contributed by atoms with E-state index in [1.54, 1.807) is 23.6 Å². The lowest BCUT2D eigenvalue weighted by Gasteiger charge is -2.33. The Kier molecular flexibility index (Phi) is 7.86. The van der Waals surface area contributed by atoms with E-state index in [-0.39, 0.29) is 17.1 Å². The predicted molar refractivity (Wildman–Crippen MR) is 153 cm³/mol. The number of rotatable bonds is 6. The summed E-state index contributed by atoms with van der Waals surface area (Å²) in [5, 5.41) is 14.0. The zero-order chi connectivity index (χ0) is 25.2. The van der Waals surface area contributed by atoms with Gasteiger partial charge in [-0.1, -0.05) is 39.0 Å². The highest BCUT2D eigenvalue weighted by molar-refractivity contribution is 14.1. The van der Waals surface area contributed by atoms with Gasteiger partial charge in [-0.25, -0.2) is 4.99 Å². The third kappa shape index (κ3) is 5.89. The molecule has 2 aromatic carbocycles. The quantitative estimate of drug-likeness (QED) is 0.225. The van der Waals surface area contributed by atoms with Crippen LogP contribution in [0.15, 0.2) is 47.5 Å². The van der Waals surface area contributed by atoms with E-state index in [0.29, 0.717) is 27.4 Å². The van der Waals surface area contributed by atoms with E-state index >= 15 is 0 Å². The van der Waals surface area contributed by atoms with Gasteiger partial charge >= 0.3 is 0 Å². The molecular formula is C28H31IN2O3S. The molecule has 35 heavy (non-hydrogen) atoms. The molecule has 1 atom stereocenters. The lowest BCUT2D eigenvalue weighted by atomic mass is 9.72. The smallest absolute Gasteiger partial charge is 0.259 e. The summed E-state index contributed by atoms with van der Waals surface area (Å²) in [5.74, 6) is 1.02. The molecule has 0 saturated heterocycles. The maximum Gasteiger partial charge on any atom is 0.259 e. The van der Waals surface area contributed by atoms with E-state index in [1.165, 1.54) is 4.88 Å². The Morgan fingerprint density at radius 2 is 2.03 bits per heavy atom. The van der Waals surface area contributed by atoms with Crippen molar-refractivity contribution in [3.63, 3.8) is 0 Å². The number of phenols is 1. The van der Waals surface area contributed by atoms with E-state index in [9.17, 15) is 9.90 Å². The molecule has 7 heteroatoms. The number of hydrogen-bond donors (Lipinski definition) is 2. The topological polar surface area (TPSA) is 70.9 Å². The van der Waals surface area contributed by atoms with Crippen molar-refractivity contribution in [1.82, 2.24) is 0 Å². The fourth-order valence-corrected chi connectivity index (χ4v) is 6.31. The maximum atomic E-state index is 13.5. The number of benzene rings is 2. The van der Waals surface area contributed by atoms with E-state index in [4.69, 9.17) is 9.73 Å². The monoisotopic (exact) mass is 602 g/mol. The van der Waals surface area contributed by atoms with Crippen LogP contribution in [0.3, 0.4) is 0 Å². The van der Waals surface area contributed by atoms with Crippen molar-refractivity contribution in [3.05, 3.63) is 67.6 Å². The maximum absolute atomic E-state index is 13.5. The van der Waals surface area contributed by atoms with Crippen LogP contribution in [0, 0.1) is 14.9 Å². The molecule has 0 radical (unpaired) electrons. The van der Waals surface area contributed by atoms with Crippen LogP contribution >= 0.6 is 33.9 Å². The molecule has 1 aromatic heterocycles. The molecule has 0 aliphatic heterocycles.